The zero-order chi connectivity index (χ0) is 25.7. The predicted octanol–water partition coefficient (Wildman–Crippen LogP) is 4.73. The highest BCUT2D eigenvalue weighted by molar-refractivity contribution is 6.35. The average Bonchev–Trinajstić information content (AvgIpc) is 3.46. The number of hydrogen-bond donors (Lipinski definition) is 1. The average molecular weight is 530 g/mol. The molecule has 0 saturated carbocycles. The van der Waals surface area contributed by atoms with Crippen LogP contribution in [-0.4, -0.2) is 72.3 Å². The fourth-order valence-corrected chi connectivity index (χ4v) is 4.05. The minimum Gasteiger partial charge on any atom is -0.450 e. The van der Waals surface area contributed by atoms with Crippen LogP contribution in [0.2, 0.25) is 10.0 Å². The summed E-state index contributed by atoms with van der Waals surface area (Å²) in [6.07, 6.45) is 6.63. The fraction of sp³-hybridized carbons (Fsp3) is 0.625. The monoisotopic (exact) mass is 529 g/mol. The van der Waals surface area contributed by atoms with Crippen LogP contribution in [0, 0.1) is 0 Å². The Kier molecular flexibility index (Phi) is 12.8. The molecule has 1 aromatic heterocycles. The quantitative estimate of drug-likeness (QED) is 0.420. The number of alkyl carbamates (subject to hydrolysis) is 1. The number of hydrogen-bond acceptors (Lipinski definition) is 7. The summed E-state index contributed by atoms with van der Waals surface area (Å²) >= 11 is 12.4. The van der Waals surface area contributed by atoms with Gasteiger partial charge in [-0.3, -0.25) is 0 Å². The molecule has 2 atom stereocenters. The maximum Gasteiger partial charge on any atom is 0.407 e. The zero-order valence-electron chi connectivity index (χ0n) is 21.0. The van der Waals surface area contributed by atoms with Gasteiger partial charge in [-0.2, -0.15) is 5.10 Å². The Morgan fingerprint density at radius 3 is 2.74 bits per heavy atom. The number of benzene rings is 1. The lowest BCUT2D eigenvalue weighted by atomic mass is 10.1. The number of amides is 1. The van der Waals surface area contributed by atoms with E-state index in [1.54, 1.807) is 23.1 Å². The normalized spacial score (nSPS) is 19.3. The lowest BCUT2D eigenvalue weighted by Crippen LogP contribution is -2.34. The summed E-state index contributed by atoms with van der Waals surface area (Å²) in [7, 11) is 4.02. The maximum absolute atomic E-state index is 10.9. The van der Waals surface area contributed by atoms with Gasteiger partial charge in [-0.15, -0.1) is 0 Å². The number of nitrogens with one attached hydrogen (secondary N) is 1. The summed E-state index contributed by atoms with van der Waals surface area (Å²) in [4.78, 5) is 16.9. The lowest BCUT2D eigenvalue weighted by Gasteiger charge is -2.29. The molecule has 2 aromatic rings. The van der Waals surface area contributed by atoms with E-state index in [1.165, 1.54) is 6.33 Å². The topological polar surface area (TPSA) is 90.7 Å². The van der Waals surface area contributed by atoms with Gasteiger partial charge in [-0.25, -0.2) is 14.5 Å². The van der Waals surface area contributed by atoms with Crippen LogP contribution in [-0.2, 0) is 26.5 Å². The van der Waals surface area contributed by atoms with Crippen LogP contribution in [0.5, 0.6) is 0 Å². The molecule has 3 rings (SSSR count). The summed E-state index contributed by atoms with van der Waals surface area (Å²) in [5.74, 6) is -0.963. The van der Waals surface area contributed by atoms with Gasteiger partial charge >= 0.3 is 6.09 Å². The van der Waals surface area contributed by atoms with Crippen molar-refractivity contribution in [3.8, 4) is 0 Å². The third-order valence-electron chi connectivity index (χ3n) is 5.14. The summed E-state index contributed by atoms with van der Waals surface area (Å²) < 4.78 is 18.8. The molecule has 9 nitrogen and oxygen atoms in total. The second-order valence-corrected chi connectivity index (χ2v) is 9.37. The fourth-order valence-electron chi connectivity index (χ4n) is 3.50. The van der Waals surface area contributed by atoms with Crippen molar-refractivity contribution < 1.29 is 19.0 Å². The first-order valence-electron chi connectivity index (χ1n) is 11.9. The number of rotatable bonds is 11. The van der Waals surface area contributed by atoms with Gasteiger partial charge in [0.25, 0.3) is 0 Å². The summed E-state index contributed by atoms with van der Waals surface area (Å²) in [6, 6.07) is 5.32. The molecule has 1 fully saturated rings. The van der Waals surface area contributed by atoms with Crippen molar-refractivity contribution in [1.29, 1.82) is 0 Å². The first kappa shape index (κ1) is 29.3. The number of ether oxygens (including phenoxy) is 3. The molecular weight excluding hydrogens is 493 g/mol. The number of halogens is 2. The first-order valence-corrected chi connectivity index (χ1v) is 12.7. The molecule has 0 spiro atoms. The van der Waals surface area contributed by atoms with Crippen LogP contribution in [0.25, 0.3) is 0 Å². The van der Waals surface area contributed by atoms with Gasteiger partial charge in [0.1, 0.15) is 19.2 Å². The smallest absolute Gasteiger partial charge is 0.407 e. The third-order valence-corrected chi connectivity index (χ3v) is 5.68. The van der Waals surface area contributed by atoms with Gasteiger partial charge in [0, 0.05) is 17.1 Å². The SMILES string of the molecule is CCCC1COC(Cn2cncn2)(c2ccc(Cl)cc2Cl)O1.CCCOC(=O)NCCCN(C)C. The molecule has 2 heterocycles. The summed E-state index contributed by atoms with van der Waals surface area (Å²) in [6.45, 7) is 7.17. The standard InChI is InChI=1S/C15H17Cl2N3O2.C9H20N2O2/c1-2-3-12-7-21-15(22-12,8-20-10-18-9-19-20)13-5-4-11(16)6-14(13)17;1-4-8-13-9(12)10-6-5-7-11(2)3/h4-6,9-10,12H,2-3,7-8H2,1H3;4-8H2,1-3H3,(H,10,12). The Hall–Kier alpha value is -1.91. The molecule has 0 bridgehead atoms. The van der Waals surface area contributed by atoms with E-state index in [2.05, 4.69) is 27.2 Å². The minimum atomic E-state index is -0.963. The van der Waals surface area contributed by atoms with Gasteiger partial charge in [-0.1, -0.05) is 49.5 Å². The number of nitrogens with zero attached hydrogens (tertiary/aromatic N) is 4. The lowest BCUT2D eigenvalue weighted by molar-refractivity contribution is -0.189. The molecule has 35 heavy (non-hydrogen) atoms. The Balaban J connectivity index is 0.000000287. The van der Waals surface area contributed by atoms with Gasteiger partial charge in [0.2, 0.25) is 5.79 Å². The Morgan fingerprint density at radius 1 is 1.31 bits per heavy atom. The van der Waals surface area contributed by atoms with Crippen LogP contribution in [0.15, 0.2) is 30.9 Å². The van der Waals surface area contributed by atoms with Crippen molar-refractivity contribution in [1.82, 2.24) is 25.0 Å². The Morgan fingerprint density at radius 2 is 2.11 bits per heavy atom. The highest BCUT2D eigenvalue weighted by Crippen LogP contribution is 2.41. The molecule has 2 unspecified atom stereocenters. The van der Waals surface area contributed by atoms with Gasteiger partial charge in [0.05, 0.1) is 24.3 Å². The molecule has 1 aliphatic heterocycles. The van der Waals surface area contributed by atoms with E-state index in [9.17, 15) is 4.79 Å². The summed E-state index contributed by atoms with van der Waals surface area (Å²) in [5, 5.41) is 7.92. The van der Waals surface area contributed by atoms with Gasteiger partial charge < -0.3 is 24.4 Å². The molecule has 1 amide bonds. The molecule has 0 aliphatic carbocycles. The Bertz CT molecular complexity index is 885. The minimum absolute atomic E-state index is 0.0419. The summed E-state index contributed by atoms with van der Waals surface area (Å²) in [5.41, 5.74) is 0.757. The van der Waals surface area contributed by atoms with Crippen LogP contribution < -0.4 is 5.32 Å². The van der Waals surface area contributed by atoms with Crippen molar-refractivity contribution in [2.45, 2.75) is 58.0 Å². The molecule has 1 aliphatic rings. The predicted molar refractivity (Wildman–Crippen MR) is 137 cm³/mol. The van der Waals surface area contributed by atoms with E-state index in [0.717, 1.165) is 37.8 Å². The van der Waals surface area contributed by atoms with Crippen molar-refractivity contribution >= 4 is 29.3 Å². The van der Waals surface area contributed by atoms with Crippen LogP contribution >= 0.6 is 23.2 Å². The second-order valence-electron chi connectivity index (χ2n) is 8.53. The molecule has 0 radical (unpaired) electrons. The Labute approximate surface area is 218 Å². The first-order chi connectivity index (χ1) is 16.8. The van der Waals surface area contributed by atoms with Crippen molar-refractivity contribution in [2.24, 2.45) is 0 Å². The van der Waals surface area contributed by atoms with E-state index in [4.69, 9.17) is 37.4 Å². The van der Waals surface area contributed by atoms with E-state index in [0.29, 0.717) is 36.3 Å². The zero-order valence-corrected chi connectivity index (χ0v) is 22.5. The number of aromatic nitrogens is 3. The van der Waals surface area contributed by atoms with Gasteiger partial charge in [-0.05, 0) is 52.0 Å². The second kappa shape index (κ2) is 15.3. The van der Waals surface area contributed by atoms with Crippen molar-refractivity contribution in [3.63, 3.8) is 0 Å². The van der Waals surface area contributed by atoms with E-state index in [1.807, 2.05) is 27.1 Å². The highest BCUT2D eigenvalue weighted by atomic mass is 35.5. The van der Waals surface area contributed by atoms with E-state index in [-0.39, 0.29) is 12.2 Å². The molecule has 1 N–H and O–H groups in total. The highest BCUT2D eigenvalue weighted by Gasteiger charge is 2.45. The van der Waals surface area contributed by atoms with Crippen LogP contribution in [0.3, 0.4) is 0 Å². The molecule has 196 valence electrons. The third kappa shape index (κ3) is 9.93. The molecule has 11 heteroatoms. The molecular formula is C24H37Cl2N5O4. The molecule has 1 saturated heterocycles. The van der Waals surface area contributed by atoms with Crippen molar-refractivity contribution in [2.75, 3.05) is 40.4 Å². The number of carbonyl (C=O) groups is 1. The van der Waals surface area contributed by atoms with Crippen LogP contribution in [0.4, 0.5) is 4.79 Å². The number of carbonyl (C=O) groups excluding carboxylic acids is 1. The van der Waals surface area contributed by atoms with E-state index < -0.39 is 5.79 Å². The maximum atomic E-state index is 10.9. The largest absolute Gasteiger partial charge is 0.450 e. The van der Waals surface area contributed by atoms with Crippen molar-refractivity contribution in [3.05, 3.63) is 46.5 Å². The van der Waals surface area contributed by atoms with Gasteiger partial charge in [0.15, 0.2) is 0 Å². The van der Waals surface area contributed by atoms with E-state index >= 15 is 0 Å². The molecule has 1 aromatic carbocycles. The van der Waals surface area contributed by atoms with Crippen LogP contribution in [0.1, 0.15) is 45.1 Å².